The van der Waals surface area contributed by atoms with Crippen LogP contribution in [0.2, 0.25) is 0 Å². The monoisotopic (exact) mass is 270 g/mol. The maximum atomic E-state index is 11.9. The van der Waals surface area contributed by atoms with E-state index in [-0.39, 0.29) is 17.4 Å². The first kappa shape index (κ1) is 13.6. The molecule has 2 N–H and O–H groups in total. The van der Waals surface area contributed by atoms with E-state index < -0.39 is 5.91 Å². The summed E-state index contributed by atoms with van der Waals surface area (Å²) in [4.78, 5) is 23.7. The maximum absolute atomic E-state index is 11.9. The molecule has 1 aromatic heterocycles. The molecule has 5 heteroatoms. The molecule has 0 bridgehead atoms. The molecule has 102 valence electrons. The lowest BCUT2D eigenvalue weighted by molar-refractivity contribution is -0.117. The van der Waals surface area contributed by atoms with Gasteiger partial charge in [0, 0.05) is 7.05 Å². The summed E-state index contributed by atoms with van der Waals surface area (Å²) in [6.45, 7) is 0. The Balaban J connectivity index is 2.23. The summed E-state index contributed by atoms with van der Waals surface area (Å²) >= 11 is 0. The van der Waals surface area contributed by atoms with Gasteiger partial charge in [-0.15, -0.1) is 0 Å². The predicted molar refractivity (Wildman–Crippen MR) is 74.7 cm³/mol. The van der Waals surface area contributed by atoms with Crippen molar-refractivity contribution in [2.75, 3.05) is 7.05 Å². The van der Waals surface area contributed by atoms with Gasteiger partial charge in [-0.25, -0.2) is 0 Å². The molecule has 0 fully saturated rings. The third kappa shape index (κ3) is 3.35. The lowest BCUT2D eigenvalue weighted by atomic mass is 10.2. The van der Waals surface area contributed by atoms with E-state index in [0.29, 0.717) is 0 Å². The minimum Gasteiger partial charge on any atom is -0.459 e. The summed E-state index contributed by atoms with van der Waals surface area (Å²) in [5, 5.41) is 5.02. The number of amides is 2. The van der Waals surface area contributed by atoms with Crippen molar-refractivity contribution in [3.8, 4) is 0 Å². The Labute approximate surface area is 116 Å². The largest absolute Gasteiger partial charge is 0.459 e. The predicted octanol–water partition coefficient (Wildman–Crippen LogP) is 1.80. The zero-order valence-corrected chi connectivity index (χ0v) is 10.9. The number of hydrogen-bond donors (Lipinski definition) is 2. The number of rotatable bonds is 4. The molecule has 1 aromatic carbocycles. The Morgan fingerprint density at radius 1 is 1.10 bits per heavy atom. The van der Waals surface area contributed by atoms with E-state index in [0.717, 1.165) is 5.56 Å². The van der Waals surface area contributed by atoms with Gasteiger partial charge in [-0.1, -0.05) is 30.3 Å². The van der Waals surface area contributed by atoms with Crippen LogP contribution in [0.3, 0.4) is 0 Å². The molecule has 0 spiro atoms. The quantitative estimate of drug-likeness (QED) is 0.832. The van der Waals surface area contributed by atoms with E-state index in [4.69, 9.17) is 4.42 Å². The molecule has 5 nitrogen and oxygen atoms in total. The van der Waals surface area contributed by atoms with Crippen LogP contribution in [0, 0.1) is 0 Å². The van der Waals surface area contributed by atoms with Crippen LogP contribution in [0.1, 0.15) is 16.1 Å². The number of nitrogens with one attached hydrogen (secondary N) is 2. The minimum atomic E-state index is -0.471. The number of carbonyl (C=O) groups is 2. The highest BCUT2D eigenvalue weighted by Gasteiger charge is 2.14. The van der Waals surface area contributed by atoms with Crippen molar-refractivity contribution >= 4 is 17.9 Å². The number of benzene rings is 1. The van der Waals surface area contributed by atoms with Crippen molar-refractivity contribution in [1.29, 1.82) is 0 Å². The van der Waals surface area contributed by atoms with E-state index in [1.165, 1.54) is 19.4 Å². The van der Waals surface area contributed by atoms with Crippen LogP contribution < -0.4 is 10.6 Å². The summed E-state index contributed by atoms with van der Waals surface area (Å²) in [5.41, 5.74) is 0.964. The molecule has 2 rings (SSSR count). The van der Waals surface area contributed by atoms with Gasteiger partial charge in [-0.3, -0.25) is 9.59 Å². The maximum Gasteiger partial charge on any atom is 0.291 e. The van der Waals surface area contributed by atoms with Crippen LogP contribution >= 0.6 is 0 Å². The Morgan fingerprint density at radius 3 is 2.45 bits per heavy atom. The average Bonchev–Trinajstić information content (AvgIpc) is 3.01. The summed E-state index contributed by atoms with van der Waals surface area (Å²) < 4.78 is 4.99. The van der Waals surface area contributed by atoms with Gasteiger partial charge in [0.25, 0.3) is 11.8 Å². The van der Waals surface area contributed by atoms with Gasteiger partial charge in [-0.2, -0.15) is 0 Å². The molecule has 0 aliphatic carbocycles. The molecular weight excluding hydrogens is 256 g/mol. The van der Waals surface area contributed by atoms with Crippen LogP contribution in [-0.2, 0) is 4.79 Å². The van der Waals surface area contributed by atoms with Crippen LogP contribution in [0.15, 0.2) is 58.8 Å². The normalized spacial score (nSPS) is 10.9. The number of likely N-dealkylation sites (N-methyl/N-ethyl adjacent to an activating group) is 1. The Hall–Kier alpha value is -2.82. The molecule has 0 radical (unpaired) electrons. The highest BCUT2D eigenvalue weighted by Crippen LogP contribution is 2.07. The molecule has 0 atom stereocenters. The Morgan fingerprint density at radius 2 is 1.85 bits per heavy atom. The fourth-order valence-corrected chi connectivity index (χ4v) is 1.60. The zero-order valence-electron chi connectivity index (χ0n) is 10.9. The van der Waals surface area contributed by atoms with E-state index in [1.54, 1.807) is 12.1 Å². The molecule has 2 aromatic rings. The Bertz CT molecular complexity index is 616. The van der Waals surface area contributed by atoms with Crippen molar-refractivity contribution in [2.45, 2.75) is 0 Å². The second kappa shape index (κ2) is 6.38. The van der Waals surface area contributed by atoms with Gasteiger partial charge in [0.2, 0.25) is 0 Å². The molecule has 20 heavy (non-hydrogen) atoms. The lowest BCUT2D eigenvalue weighted by Crippen LogP contribution is -2.32. The number of carbonyl (C=O) groups excluding carboxylic acids is 2. The summed E-state index contributed by atoms with van der Waals surface area (Å²) in [7, 11) is 1.50. The van der Waals surface area contributed by atoms with Gasteiger partial charge < -0.3 is 15.1 Å². The van der Waals surface area contributed by atoms with Crippen LogP contribution in [0.5, 0.6) is 0 Å². The third-order valence-corrected chi connectivity index (χ3v) is 2.58. The summed E-state index contributed by atoms with van der Waals surface area (Å²) in [5.74, 6) is -0.706. The molecule has 0 unspecified atom stereocenters. The highest BCUT2D eigenvalue weighted by molar-refractivity contribution is 6.04. The van der Waals surface area contributed by atoms with Crippen LogP contribution in [0.4, 0.5) is 0 Å². The molecular formula is C15H14N2O3. The van der Waals surface area contributed by atoms with Gasteiger partial charge in [-0.05, 0) is 23.8 Å². The first-order chi connectivity index (χ1) is 9.70. The second-order valence-electron chi connectivity index (χ2n) is 3.98. The molecule has 0 aliphatic rings. The summed E-state index contributed by atoms with van der Waals surface area (Å²) in [6, 6.07) is 12.4. The van der Waals surface area contributed by atoms with E-state index >= 15 is 0 Å². The second-order valence-corrected chi connectivity index (χ2v) is 3.98. The lowest BCUT2D eigenvalue weighted by Gasteiger charge is -2.07. The standard InChI is InChI=1S/C15H14N2O3/c1-16-14(18)12(10-11-6-3-2-4-7-11)17-15(19)13-8-5-9-20-13/h2-10H,1H3,(H,16,18)(H,17,19). The van der Waals surface area contributed by atoms with Gasteiger partial charge in [0.15, 0.2) is 5.76 Å². The molecule has 0 saturated heterocycles. The molecule has 1 heterocycles. The van der Waals surface area contributed by atoms with Crippen LogP contribution in [0.25, 0.3) is 6.08 Å². The molecule has 0 saturated carbocycles. The van der Waals surface area contributed by atoms with Crippen molar-refractivity contribution in [1.82, 2.24) is 10.6 Å². The van der Waals surface area contributed by atoms with Crippen molar-refractivity contribution in [3.05, 3.63) is 65.7 Å². The fourth-order valence-electron chi connectivity index (χ4n) is 1.60. The third-order valence-electron chi connectivity index (χ3n) is 2.58. The first-order valence-corrected chi connectivity index (χ1v) is 6.04. The van der Waals surface area contributed by atoms with Gasteiger partial charge in [0.05, 0.1) is 6.26 Å². The molecule has 2 amide bonds. The van der Waals surface area contributed by atoms with E-state index in [2.05, 4.69) is 10.6 Å². The minimum absolute atomic E-state index is 0.146. The highest BCUT2D eigenvalue weighted by atomic mass is 16.3. The topological polar surface area (TPSA) is 71.3 Å². The van der Waals surface area contributed by atoms with Gasteiger partial charge in [0.1, 0.15) is 5.70 Å². The van der Waals surface area contributed by atoms with E-state index in [9.17, 15) is 9.59 Å². The van der Waals surface area contributed by atoms with Crippen LogP contribution in [-0.4, -0.2) is 18.9 Å². The summed E-state index contributed by atoms with van der Waals surface area (Å²) in [6.07, 6.45) is 3.00. The number of hydrogen-bond acceptors (Lipinski definition) is 3. The van der Waals surface area contributed by atoms with E-state index in [1.807, 2.05) is 30.3 Å². The fraction of sp³-hybridized carbons (Fsp3) is 0.0667. The number of furan rings is 1. The first-order valence-electron chi connectivity index (χ1n) is 6.04. The average molecular weight is 270 g/mol. The van der Waals surface area contributed by atoms with Crippen molar-refractivity contribution in [3.63, 3.8) is 0 Å². The zero-order chi connectivity index (χ0) is 14.4. The van der Waals surface area contributed by atoms with Gasteiger partial charge >= 0.3 is 0 Å². The molecule has 0 aliphatic heterocycles. The smallest absolute Gasteiger partial charge is 0.291 e. The van der Waals surface area contributed by atoms with Crippen molar-refractivity contribution in [2.24, 2.45) is 0 Å². The SMILES string of the molecule is CNC(=O)C(=Cc1ccccc1)NC(=O)c1ccco1. The van der Waals surface area contributed by atoms with Crippen molar-refractivity contribution < 1.29 is 14.0 Å². The Kier molecular flexibility index (Phi) is 4.34.